The number of nitrogens with one attached hydrogen (secondary N) is 1. The molecule has 1 fully saturated rings. The van der Waals surface area contributed by atoms with Crippen molar-refractivity contribution in [3.05, 3.63) is 42.1 Å². The van der Waals surface area contributed by atoms with Crippen molar-refractivity contribution < 1.29 is 22.7 Å². The highest BCUT2D eigenvalue weighted by atomic mass is 35.5. The number of hydrogen-bond acceptors (Lipinski definition) is 5. The highest BCUT2D eigenvalue weighted by Crippen LogP contribution is 2.23. The smallest absolute Gasteiger partial charge is 0.422 e. The first-order valence-corrected chi connectivity index (χ1v) is 7.99. The quantitative estimate of drug-likeness (QED) is 0.842. The van der Waals surface area contributed by atoms with Gasteiger partial charge in [-0.05, 0) is 6.07 Å². The molecule has 0 bridgehead atoms. The lowest BCUT2D eigenvalue weighted by Crippen LogP contribution is -2.49. The fourth-order valence-corrected chi connectivity index (χ4v) is 2.79. The van der Waals surface area contributed by atoms with Gasteiger partial charge in [0.05, 0.1) is 5.56 Å². The van der Waals surface area contributed by atoms with Crippen LogP contribution in [0, 0.1) is 0 Å². The van der Waals surface area contributed by atoms with E-state index >= 15 is 0 Å². The van der Waals surface area contributed by atoms with Crippen LogP contribution < -0.4 is 10.1 Å². The minimum absolute atomic E-state index is 0. The Morgan fingerprint density at radius 3 is 2.74 bits per heavy atom. The molecular formula is C16H19ClF3N5O2. The molecule has 1 saturated heterocycles. The standard InChI is InChI=1S/C16H18F3N5O2.ClH/c1-23-6-5-21-14(23)12-9-20-4-7-24(12)15(25)11-2-3-13(22-8-11)26-10-16(17,18)19;/h2-3,5-6,8,12,20H,4,7,9-10H2,1H3;1H. The van der Waals surface area contributed by atoms with Crippen LogP contribution in [0.4, 0.5) is 13.2 Å². The number of halogens is 4. The fraction of sp³-hybridized carbons (Fsp3) is 0.438. The van der Waals surface area contributed by atoms with Crippen molar-refractivity contribution in [3.63, 3.8) is 0 Å². The van der Waals surface area contributed by atoms with Gasteiger partial charge in [0.1, 0.15) is 11.9 Å². The summed E-state index contributed by atoms with van der Waals surface area (Å²) < 4.78 is 42.9. The molecule has 7 nitrogen and oxygen atoms in total. The zero-order chi connectivity index (χ0) is 18.7. The summed E-state index contributed by atoms with van der Waals surface area (Å²) in [6, 6.07) is 2.44. The first kappa shape index (κ1) is 21.0. The van der Waals surface area contributed by atoms with Gasteiger partial charge in [0.25, 0.3) is 5.91 Å². The van der Waals surface area contributed by atoms with E-state index in [0.29, 0.717) is 19.6 Å². The number of nitrogens with zero attached hydrogens (tertiary/aromatic N) is 4. The molecule has 1 aliphatic rings. The Morgan fingerprint density at radius 2 is 2.15 bits per heavy atom. The van der Waals surface area contributed by atoms with Crippen LogP contribution in [0.5, 0.6) is 5.88 Å². The molecule has 3 rings (SSSR count). The maximum atomic E-state index is 12.8. The number of hydrogen-bond donors (Lipinski definition) is 1. The number of carbonyl (C=O) groups is 1. The molecule has 1 aliphatic heterocycles. The summed E-state index contributed by atoms with van der Waals surface area (Å²) in [6.07, 6.45) is 0.264. The third-order valence-corrected chi connectivity index (χ3v) is 4.03. The van der Waals surface area contributed by atoms with Gasteiger partial charge in [-0.2, -0.15) is 13.2 Å². The summed E-state index contributed by atoms with van der Waals surface area (Å²) in [4.78, 5) is 22.6. The number of carbonyl (C=O) groups excluding carboxylic acids is 1. The van der Waals surface area contributed by atoms with Crippen molar-refractivity contribution in [3.8, 4) is 5.88 Å². The van der Waals surface area contributed by atoms with Crippen LogP contribution in [-0.2, 0) is 7.05 Å². The SMILES string of the molecule is Cl.Cn1ccnc1C1CNCCN1C(=O)c1ccc(OCC(F)(F)F)nc1. The zero-order valence-corrected chi connectivity index (χ0v) is 15.3. The summed E-state index contributed by atoms with van der Waals surface area (Å²) in [5, 5.41) is 3.24. The average Bonchev–Trinajstić information content (AvgIpc) is 3.05. The number of aromatic nitrogens is 3. The van der Waals surface area contributed by atoms with E-state index in [1.807, 2.05) is 11.6 Å². The van der Waals surface area contributed by atoms with Gasteiger partial charge in [-0.3, -0.25) is 4.79 Å². The van der Waals surface area contributed by atoms with Crippen molar-refractivity contribution >= 4 is 18.3 Å². The maximum absolute atomic E-state index is 12.8. The Balaban J connectivity index is 0.00000261. The number of piperazine rings is 1. The zero-order valence-electron chi connectivity index (χ0n) is 14.4. The molecule has 0 aliphatic carbocycles. The number of ether oxygens (including phenoxy) is 1. The third kappa shape index (κ3) is 5.10. The van der Waals surface area contributed by atoms with E-state index in [4.69, 9.17) is 0 Å². The van der Waals surface area contributed by atoms with Crippen LogP contribution in [0.15, 0.2) is 30.7 Å². The summed E-state index contributed by atoms with van der Waals surface area (Å²) in [5.74, 6) is 0.317. The monoisotopic (exact) mass is 405 g/mol. The van der Waals surface area contributed by atoms with Crippen LogP contribution in [-0.4, -0.2) is 57.8 Å². The Morgan fingerprint density at radius 1 is 1.37 bits per heavy atom. The Bertz CT molecular complexity index is 766. The fourth-order valence-electron chi connectivity index (χ4n) is 2.79. The summed E-state index contributed by atoms with van der Waals surface area (Å²) in [7, 11) is 1.86. The molecule has 2 aromatic rings. The van der Waals surface area contributed by atoms with Gasteiger partial charge in [0, 0.05) is 51.3 Å². The highest BCUT2D eigenvalue weighted by molar-refractivity contribution is 5.94. The van der Waals surface area contributed by atoms with Gasteiger partial charge in [0.2, 0.25) is 5.88 Å². The minimum atomic E-state index is -4.44. The van der Waals surface area contributed by atoms with Crippen molar-refractivity contribution in [2.75, 3.05) is 26.2 Å². The number of aryl methyl sites for hydroxylation is 1. The number of imidazole rings is 1. The van der Waals surface area contributed by atoms with E-state index in [9.17, 15) is 18.0 Å². The first-order valence-electron chi connectivity index (χ1n) is 7.99. The molecule has 0 saturated carbocycles. The van der Waals surface area contributed by atoms with Crippen molar-refractivity contribution in [2.24, 2.45) is 7.05 Å². The van der Waals surface area contributed by atoms with E-state index in [0.717, 1.165) is 5.82 Å². The van der Waals surface area contributed by atoms with E-state index in [2.05, 4.69) is 20.0 Å². The topological polar surface area (TPSA) is 72.3 Å². The second-order valence-corrected chi connectivity index (χ2v) is 5.90. The van der Waals surface area contributed by atoms with Crippen LogP contribution in [0.3, 0.4) is 0 Å². The lowest BCUT2D eigenvalue weighted by Gasteiger charge is -2.35. The van der Waals surface area contributed by atoms with Crippen LogP contribution in [0.2, 0.25) is 0 Å². The van der Waals surface area contributed by atoms with E-state index in [-0.39, 0.29) is 35.8 Å². The normalized spacial score (nSPS) is 17.3. The second-order valence-electron chi connectivity index (χ2n) is 5.90. The number of pyridine rings is 1. The van der Waals surface area contributed by atoms with E-state index in [1.165, 1.54) is 18.3 Å². The number of amides is 1. The molecule has 3 heterocycles. The summed E-state index contributed by atoms with van der Waals surface area (Å²) in [6.45, 7) is 0.276. The molecule has 0 radical (unpaired) electrons. The Kier molecular flexibility index (Phi) is 6.66. The summed E-state index contributed by atoms with van der Waals surface area (Å²) >= 11 is 0. The van der Waals surface area contributed by atoms with Crippen molar-refractivity contribution in [1.29, 1.82) is 0 Å². The third-order valence-electron chi connectivity index (χ3n) is 4.03. The molecule has 148 valence electrons. The van der Waals surface area contributed by atoms with Crippen LogP contribution >= 0.6 is 12.4 Å². The Hall–Kier alpha value is -2.33. The number of rotatable bonds is 4. The molecule has 1 N–H and O–H groups in total. The molecule has 11 heteroatoms. The number of alkyl halides is 3. The molecular weight excluding hydrogens is 387 g/mol. The molecule has 0 aromatic carbocycles. The molecule has 27 heavy (non-hydrogen) atoms. The maximum Gasteiger partial charge on any atom is 0.422 e. The Labute approximate surface area is 159 Å². The molecule has 1 unspecified atom stereocenters. The molecule has 1 amide bonds. The minimum Gasteiger partial charge on any atom is -0.468 e. The summed E-state index contributed by atoms with van der Waals surface area (Å²) in [5.41, 5.74) is 0.283. The predicted molar refractivity (Wildman–Crippen MR) is 92.9 cm³/mol. The van der Waals surface area contributed by atoms with Gasteiger partial charge < -0.3 is 19.5 Å². The lowest BCUT2D eigenvalue weighted by molar-refractivity contribution is -0.154. The van der Waals surface area contributed by atoms with Crippen molar-refractivity contribution in [1.82, 2.24) is 24.8 Å². The van der Waals surface area contributed by atoms with Gasteiger partial charge in [-0.1, -0.05) is 0 Å². The van der Waals surface area contributed by atoms with Gasteiger partial charge in [-0.15, -0.1) is 12.4 Å². The van der Waals surface area contributed by atoms with E-state index < -0.39 is 12.8 Å². The molecule has 0 spiro atoms. The molecule has 1 atom stereocenters. The van der Waals surface area contributed by atoms with Gasteiger partial charge in [0.15, 0.2) is 6.61 Å². The molecule has 2 aromatic heterocycles. The van der Waals surface area contributed by atoms with Gasteiger partial charge >= 0.3 is 6.18 Å². The predicted octanol–water partition coefficient (Wildman–Crippen LogP) is 1.96. The van der Waals surface area contributed by atoms with Crippen molar-refractivity contribution in [2.45, 2.75) is 12.2 Å². The van der Waals surface area contributed by atoms with Gasteiger partial charge in [-0.25, -0.2) is 9.97 Å². The second kappa shape index (κ2) is 8.57. The van der Waals surface area contributed by atoms with E-state index in [1.54, 1.807) is 17.3 Å². The first-order chi connectivity index (χ1) is 12.3. The lowest BCUT2D eigenvalue weighted by atomic mass is 10.1. The van der Waals surface area contributed by atoms with Crippen LogP contribution in [0.1, 0.15) is 22.2 Å². The average molecular weight is 406 g/mol. The largest absolute Gasteiger partial charge is 0.468 e. The van der Waals surface area contributed by atoms with Crippen LogP contribution in [0.25, 0.3) is 0 Å². The highest BCUT2D eigenvalue weighted by Gasteiger charge is 2.31.